The maximum absolute atomic E-state index is 13.1. The van der Waals surface area contributed by atoms with Crippen LogP contribution in [0.5, 0.6) is 0 Å². The lowest BCUT2D eigenvalue weighted by Crippen LogP contribution is -2.42. The number of rotatable bonds is 7. The molecule has 7 heteroatoms. The van der Waals surface area contributed by atoms with Crippen molar-refractivity contribution < 1.29 is 9.59 Å². The fourth-order valence-corrected chi connectivity index (χ4v) is 4.32. The van der Waals surface area contributed by atoms with E-state index in [1.54, 1.807) is 11.0 Å². The fourth-order valence-electron chi connectivity index (χ4n) is 3.64. The lowest BCUT2D eigenvalue weighted by atomic mass is 10.1. The third kappa shape index (κ3) is 5.10. The Morgan fingerprint density at radius 1 is 1.03 bits per heavy atom. The summed E-state index contributed by atoms with van der Waals surface area (Å²) >= 11 is 1.37. The number of anilines is 1. The number of carbonyl (C=O) groups is 2. The van der Waals surface area contributed by atoms with Crippen LogP contribution in [0.1, 0.15) is 34.6 Å². The van der Waals surface area contributed by atoms with Gasteiger partial charge in [-0.15, -0.1) is 11.3 Å². The molecule has 0 saturated carbocycles. The quantitative estimate of drug-likeness (QED) is 0.375. The van der Waals surface area contributed by atoms with Gasteiger partial charge in [-0.2, -0.15) is 0 Å². The molecule has 174 valence electrons. The Balaban J connectivity index is 1.64. The molecule has 2 aromatic heterocycles. The summed E-state index contributed by atoms with van der Waals surface area (Å²) in [6, 6.07) is 19.5. The lowest BCUT2D eigenvalue weighted by Gasteiger charge is -2.25. The van der Waals surface area contributed by atoms with Crippen LogP contribution in [-0.4, -0.2) is 38.9 Å². The predicted octanol–water partition coefficient (Wildman–Crippen LogP) is 5.71. The van der Waals surface area contributed by atoms with Gasteiger partial charge in [0.1, 0.15) is 6.54 Å². The van der Waals surface area contributed by atoms with E-state index >= 15 is 0 Å². The summed E-state index contributed by atoms with van der Waals surface area (Å²) in [5, 5.41) is 4.80. The van der Waals surface area contributed by atoms with Crippen molar-refractivity contribution in [3.8, 4) is 16.9 Å². The second-order valence-corrected chi connectivity index (χ2v) is 9.45. The highest BCUT2D eigenvalue weighted by molar-refractivity contribution is 7.12. The normalized spacial score (nSPS) is 11.0. The third-order valence-electron chi connectivity index (χ3n) is 5.73. The van der Waals surface area contributed by atoms with E-state index < -0.39 is 0 Å². The minimum atomic E-state index is -0.297. The van der Waals surface area contributed by atoms with Crippen molar-refractivity contribution in [3.05, 3.63) is 88.2 Å². The molecule has 4 aromatic rings. The molecule has 0 spiro atoms. The van der Waals surface area contributed by atoms with E-state index in [2.05, 4.69) is 31.3 Å². The first-order chi connectivity index (χ1) is 16.3. The first-order valence-corrected chi connectivity index (χ1v) is 12.1. The first kappa shape index (κ1) is 23.4. The average Bonchev–Trinajstić information content (AvgIpc) is 3.50. The van der Waals surface area contributed by atoms with Crippen LogP contribution < -0.4 is 5.32 Å². The van der Waals surface area contributed by atoms with Gasteiger partial charge in [0, 0.05) is 23.5 Å². The highest BCUT2D eigenvalue weighted by Gasteiger charge is 2.23. The summed E-state index contributed by atoms with van der Waals surface area (Å²) < 4.78 is 1.88. The lowest BCUT2D eigenvalue weighted by molar-refractivity contribution is -0.117. The minimum Gasteiger partial charge on any atom is -0.326 e. The summed E-state index contributed by atoms with van der Waals surface area (Å²) in [5.74, 6) is -0.0316. The fraction of sp³-hybridized carbons (Fsp3) is 0.222. The van der Waals surface area contributed by atoms with E-state index in [9.17, 15) is 9.59 Å². The zero-order chi connectivity index (χ0) is 24.2. The topological polar surface area (TPSA) is 67.2 Å². The molecule has 0 aliphatic rings. The Morgan fingerprint density at radius 2 is 1.79 bits per heavy atom. The SMILES string of the molecule is Cc1ccc(-n2cc(-c3ccccc3)nc2NC(=O)CN(C(=O)c2cccs2)C(C)C)cc1C. The van der Waals surface area contributed by atoms with Crippen LogP contribution in [-0.2, 0) is 4.79 Å². The maximum atomic E-state index is 13.1. The molecule has 1 N–H and O–H groups in total. The van der Waals surface area contributed by atoms with Crippen LogP contribution in [0.4, 0.5) is 5.95 Å². The van der Waals surface area contributed by atoms with E-state index in [0.717, 1.165) is 22.5 Å². The van der Waals surface area contributed by atoms with Gasteiger partial charge in [-0.25, -0.2) is 4.98 Å². The summed E-state index contributed by atoms with van der Waals surface area (Å²) in [5.41, 5.74) is 4.96. The van der Waals surface area contributed by atoms with Crippen molar-refractivity contribution in [2.75, 3.05) is 11.9 Å². The number of aromatic nitrogens is 2. The number of imidazole rings is 1. The van der Waals surface area contributed by atoms with Crippen LogP contribution in [0.2, 0.25) is 0 Å². The maximum Gasteiger partial charge on any atom is 0.264 e. The monoisotopic (exact) mass is 472 g/mol. The molecule has 0 radical (unpaired) electrons. The Bertz CT molecular complexity index is 1290. The highest BCUT2D eigenvalue weighted by Crippen LogP contribution is 2.25. The number of aryl methyl sites for hydroxylation is 2. The molecule has 0 saturated heterocycles. The molecule has 0 fully saturated rings. The van der Waals surface area contributed by atoms with Crippen molar-refractivity contribution in [1.29, 1.82) is 0 Å². The number of benzene rings is 2. The van der Waals surface area contributed by atoms with Gasteiger partial charge in [-0.05, 0) is 62.4 Å². The van der Waals surface area contributed by atoms with Crippen molar-refractivity contribution in [3.63, 3.8) is 0 Å². The van der Waals surface area contributed by atoms with Crippen molar-refractivity contribution in [2.45, 2.75) is 33.7 Å². The van der Waals surface area contributed by atoms with Gasteiger partial charge in [-0.3, -0.25) is 19.5 Å². The standard InChI is InChI=1S/C27H28N4O2S/c1-18(2)30(26(33)24-11-8-14-34-24)17-25(32)29-27-28-23(21-9-6-5-7-10-21)16-31(27)22-13-12-19(3)20(4)15-22/h5-16,18H,17H2,1-4H3,(H,28,29,32). The second kappa shape index (κ2) is 10.1. The second-order valence-electron chi connectivity index (χ2n) is 8.51. The molecule has 0 aliphatic heterocycles. The Morgan fingerprint density at radius 3 is 2.44 bits per heavy atom. The Kier molecular flexibility index (Phi) is 6.93. The smallest absolute Gasteiger partial charge is 0.264 e. The molecule has 2 aromatic carbocycles. The van der Waals surface area contributed by atoms with Gasteiger partial charge >= 0.3 is 0 Å². The van der Waals surface area contributed by atoms with Gasteiger partial charge < -0.3 is 4.90 Å². The molecule has 0 bridgehead atoms. The number of hydrogen-bond acceptors (Lipinski definition) is 4. The number of carbonyl (C=O) groups excluding carboxylic acids is 2. The molecular formula is C27H28N4O2S. The molecule has 0 unspecified atom stereocenters. The van der Waals surface area contributed by atoms with Gasteiger partial charge in [0.2, 0.25) is 11.9 Å². The molecule has 6 nitrogen and oxygen atoms in total. The van der Waals surface area contributed by atoms with Crippen LogP contribution >= 0.6 is 11.3 Å². The number of nitrogens with one attached hydrogen (secondary N) is 1. The molecule has 2 heterocycles. The van der Waals surface area contributed by atoms with E-state index in [0.29, 0.717) is 10.8 Å². The Hall–Kier alpha value is -3.71. The first-order valence-electron chi connectivity index (χ1n) is 11.2. The number of hydrogen-bond donors (Lipinski definition) is 1. The van der Waals surface area contributed by atoms with Crippen LogP contribution in [0.3, 0.4) is 0 Å². The molecule has 2 amide bonds. The molecule has 4 rings (SSSR count). The highest BCUT2D eigenvalue weighted by atomic mass is 32.1. The van der Waals surface area contributed by atoms with Crippen molar-refractivity contribution >= 4 is 29.1 Å². The average molecular weight is 473 g/mol. The largest absolute Gasteiger partial charge is 0.326 e. The van der Waals surface area contributed by atoms with Crippen molar-refractivity contribution in [2.24, 2.45) is 0 Å². The predicted molar refractivity (Wildman–Crippen MR) is 138 cm³/mol. The zero-order valence-corrected chi connectivity index (χ0v) is 20.6. The van der Waals surface area contributed by atoms with Crippen LogP contribution in [0, 0.1) is 13.8 Å². The molecule has 34 heavy (non-hydrogen) atoms. The molecule has 0 aliphatic carbocycles. The number of nitrogens with zero attached hydrogens (tertiary/aromatic N) is 3. The van der Waals surface area contributed by atoms with E-state index in [4.69, 9.17) is 4.98 Å². The number of amides is 2. The summed E-state index contributed by atoms with van der Waals surface area (Å²) in [6.07, 6.45) is 1.92. The van der Waals surface area contributed by atoms with Gasteiger partial charge in [0.15, 0.2) is 0 Å². The van der Waals surface area contributed by atoms with Gasteiger partial charge in [0.25, 0.3) is 5.91 Å². The van der Waals surface area contributed by atoms with Gasteiger partial charge in [-0.1, -0.05) is 42.5 Å². The summed E-state index contributed by atoms with van der Waals surface area (Å²) in [4.78, 5) is 32.9. The van der Waals surface area contributed by atoms with Crippen LogP contribution in [0.15, 0.2) is 72.2 Å². The zero-order valence-electron chi connectivity index (χ0n) is 19.8. The molecule has 0 atom stereocenters. The molecular weight excluding hydrogens is 444 g/mol. The third-order valence-corrected chi connectivity index (χ3v) is 6.58. The summed E-state index contributed by atoms with van der Waals surface area (Å²) in [6.45, 7) is 7.87. The number of thiophene rings is 1. The Labute approximate surface area is 203 Å². The minimum absolute atomic E-state index is 0.0607. The van der Waals surface area contributed by atoms with Gasteiger partial charge in [0.05, 0.1) is 10.6 Å². The van der Waals surface area contributed by atoms with Crippen LogP contribution in [0.25, 0.3) is 16.9 Å². The van der Waals surface area contributed by atoms with E-state index in [-0.39, 0.29) is 24.4 Å². The van der Waals surface area contributed by atoms with E-state index in [1.165, 1.54) is 16.9 Å². The summed E-state index contributed by atoms with van der Waals surface area (Å²) in [7, 11) is 0. The van der Waals surface area contributed by atoms with Crippen molar-refractivity contribution in [1.82, 2.24) is 14.5 Å². The van der Waals surface area contributed by atoms with E-state index in [1.807, 2.05) is 72.5 Å².